The maximum absolute atomic E-state index is 12.6. The Bertz CT molecular complexity index is 1200. The van der Waals surface area contributed by atoms with E-state index in [2.05, 4.69) is 5.32 Å². The van der Waals surface area contributed by atoms with Crippen molar-refractivity contribution in [3.05, 3.63) is 77.9 Å². The van der Waals surface area contributed by atoms with Gasteiger partial charge in [0, 0.05) is 0 Å². The van der Waals surface area contributed by atoms with Crippen LogP contribution in [0.15, 0.2) is 71.6 Å². The molecule has 1 unspecified atom stereocenters. The molecule has 142 valence electrons. The van der Waals surface area contributed by atoms with Crippen molar-refractivity contribution in [1.82, 2.24) is 9.62 Å². The number of nitrogens with one attached hydrogen (secondary N) is 1. The quantitative estimate of drug-likeness (QED) is 0.738. The van der Waals surface area contributed by atoms with Gasteiger partial charge < -0.3 is 5.32 Å². The number of amides is 2. The van der Waals surface area contributed by atoms with Crippen molar-refractivity contribution >= 4 is 32.6 Å². The zero-order valence-electron chi connectivity index (χ0n) is 15.1. The Morgan fingerprint density at radius 3 is 2.46 bits per heavy atom. The highest BCUT2D eigenvalue weighted by Crippen LogP contribution is 2.30. The lowest BCUT2D eigenvalue weighted by Crippen LogP contribution is -2.41. The Morgan fingerprint density at radius 1 is 1.00 bits per heavy atom. The third-order valence-corrected chi connectivity index (χ3v) is 6.65. The molecule has 0 bridgehead atoms. The molecule has 7 heteroatoms. The van der Waals surface area contributed by atoms with Gasteiger partial charge in [0.2, 0.25) is 5.91 Å². The first kappa shape index (κ1) is 18.2. The summed E-state index contributed by atoms with van der Waals surface area (Å²) >= 11 is 0. The lowest BCUT2D eigenvalue weighted by atomic mass is 10.00. The van der Waals surface area contributed by atoms with Gasteiger partial charge in [-0.1, -0.05) is 54.6 Å². The van der Waals surface area contributed by atoms with Crippen LogP contribution in [0.2, 0.25) is 0 Å². The Morgan fingerprint density at radius 2 is 1.68 bits per heavy atom. The van der Waals surface area contributed by atoms with Gasteiger partial charge in [0.15, 0.2) is 0 Å². The second-order valence-electron chi connectivity index (χ2n) is 6.67. The van der Waals surface area contributed by atoms with Crippen LogP contribution < -0.4 is 5.32 Å². The molecule has 6 nitrogen and oxygen atoms in total. The first-order valence-electron chi connectivity index (χ1n) is 8.83. The van der Waals surface area contributed by atoms with E-state index in [0.29, 0.717) is 4.31 Å². The van der Waals surface area contributed by atoms with Gasteiger partial charge in [-0.05, 0) is 35.4 Å². The molecule has 0 fully saturated rings. The Balaban J connectivity index is 1.54. The molecule has 0 saturated heterocycles. The van der Waals surface area contributed by atoms with E-state index in [9.17, 15) is 18.0 Å². The second kappa shape index (κ2) is 6.76. The van der Waals surface area contributed by atoms with Gasteiger partial charge in [-0.2, -0.15) is 0 Å². The van der Waals surface area contributed by atoms with Gasteiger partial charge >= 0.3 is 0 Å². The number of carbonyl (C=O) groups is 2. The van der Waals surface area contributed by atoms with Gasteiger partial charge in [0.05, 0.1) is 11.6 Å². The van der Waals surface area contributed by atoms with E-state index >= 15 is 0 Å². The van der Waals surface area contributed by atoms with Crippen molar-refractivity contribution in [2.24, 2.45) is 0 Å². The number of carbonyl (C=O) groups excluding carboxylic acids is 2. The summed E-state index contributed by atoms with van der Waals surface area (Å²) in [5, 5.41) is 4.86. The zero-order chi connectivity index (χ0) is 19.9. The van der Waals surface area contributed by atoms with Crippen molar-refractivity contribution in [2.45, 2.75) is 17.9 Å². The Labute approximate surface area is 162 Å². The molecule has 0 saturated carbocycles. The van der Waals surface area contributed by atoms with Crippen LogP contribution in [0, 0.1) is 0 Å². The van der Waals surface area contributed by atoms with Crippen molar-refractivity contribution in [1.29, 1.82) is 0 Å². The van der Waals surface area contributed by atoms with E-state index in [0.717, 1.165) is 16.3 Å². The van der Waals surface area contributed by atoms with Gasteiger partial charge in [-0.3, -0.25) is 9.59 Å². The zero-order valence-corrected chi connectivity index (χ0v) is 15.9. The molecule has 0 aliphatic carbocycles. The van der Waals surface area contributed by atoms with Crippen molar-refractivity contribution in [2.75, 3.05) is 6.54 Å². The summed E-state index contributed by atoms with van der Waals surface area (Å²) in [5.74, 6) is -1.21. The summed E-state index contributed by atoms with van der Waals surface area (Å²) in [4.78, 5) is 24.9. The molecule has 28 heavy (non-hydrogen) atoms. The SMILES string of the molecule is CC(NC(=O)CN1C(=O)c2ccccc2S1(=O)=O)c1cccc2ccccc12. The summed E-state index contributed by atoms with van der Waals surface area (Å²) in [6.45, 7) is 1.28. The standard InChI is InChI=1S/C21H18N2O4S/c1-14(16-11-6-8-15-7-2-3-9-17(15)16)22-20(24)13-23-21(25)18-10-4-5-12-19(18)28(23,26)27/h2-12,14H,13H2,1H3,(H,22,24). The second-order valence-corrected chi connectivity index (χ2v) is 8.50. The molecule has 1 aliphatic heterocycles. The summed E-state index contributed by atoms with van der Waals surface area (Å²) in [7, 11) is -4.00. The van der Waals surface area contributed by atoms with Crippen LogP contribution in [-0.2, 0) is 14.8 Å². The smallest absolute Gasteiger partial charge is 0.269 e. The highest BCUT2D eigenvalue weighted by Gasteiger charge is 2.41. The van der Waals surface area contributed by atoms with E-state index in [1.807, 2.05) is 49.4 Å². The molecule has 1 aliphatic rings. The molecule has 4 rings (SSSR count). The van der Waals surface area contributed by atoms with Crippen molar-refractivity contribution < 1.29 is 18.0 Å². The summed E-state index contributed by atoms with van der Waals surface area (Å²) < 4.78 is 25.8. The number of rotatable bonds is 4. The summed E-state index contributed by atoms with van der Waals surface area (Å²) in [6.07, 6.45) is 0. The van der Waals surface area contributed by atoms with Gasteiger partial charge in [-0.15, -0.1) is 0 Å². The average Bonchev–Trinajstić information content (AvgIpc) is 2.88. The van der Waals surface area contributed by atoms with E-state index in [1.165, 1.54) is 12.1 Å². The number of benzene rings is 3. The molecule has 2 amide bonds. The van der Waals surface area contributed by atoms with Gasteiger partial charge in [0.1, 0.15) is 11.4 Å². The Kier molecular flexibility index (Phi) is 4.39. The van der Waals surface area contributed by atoms with E-state index < -0.39 is 28.4 Å². The van der Waals surface area contributed by atoms with Gasteiger partial charge in [0.25, 0.3) is 15.9 Å². The van der Waals surface area contributed by atoms with E-state index in [-0.39, 0.29) is 16.5 Å². The predicted octanol–water partition coefficient (Wildman–Crippen LogP) is 2.86. The maximum atomic E-state index is 12.6. The molecule has 0 aromatic heterocycles. The minimum Gasteiger partial charge on any atom is -0.348 e. The van der Waals surface area contributed by atoms with Crippen LogP contribution in [0.3, 0.4) is 0 Å². The monoisotopic (exact) mass is 394 g/mol. The summed E-state index contributed by atoms with van der Waals surface area (Å²) in [6, 6.07) is 19.3. The lowest BCUT2D eigenvalue weighted by molar-refractivity contribution is -0.121. The molecule has 1 heterocycles. The van der Waals surface area contributed by atoms with E-state index in [1.54, 1.807) is 12.1 Å². The van der Waals surface area contributed by atoms with Crippen LogP contribution in [0.5, 0.6) is 0 Å². The molecule has 1 atom stereocenters. The first-order valence-corrected chi connectivity index (χ1v) is 10.3. The minimum absolute atomic E-state index is 0.0603. The Hall–Kier alpha value is -3.19. The minimum atomic E-state index is -4.00. The average molecular weight is 394 g/mol. The maximum Gasteiger partial charge on any atom is 0.269 e. The molecule has 3 aromatic rings. The number of hydrogen-bond donors (Lipinski definition) is 1. The molecule has 3 aromatic carbocycles. The molecular weight excluding hydrogens is 376 g/mol. The highest BCUT2D eigenvalue weighted by molar-refractivity contribution is 7.90. The van der Waals surface area contributed by atoms with E-state index in [4.69, 9.17) is 0 Å². The van der Waals surface area contributed by atoms with Crippen molar-refractivity contribution in [3.8, 4) is 0 Å². The van der Waals surface area contributed by atoms with Crippen LogP contribution in [0.1, 0.15) is 28.9 Å². The third-order valence-electron chi connectivity index (χ3n) is 4.87. The fourth-order valence-corrected chi connectivity index (χ4v) is 5.04. The van der Waals surface area contributed by atoms with Gasteiger partial charge in [-0.25, -0.2) is 12.7 Å². The molecular formula is C21H18N2O4S. The predicted molar refractivity (Wildman–Crippen MR) is 105 cm³/mol. The van der Waals surface area contributed by atoms with Crippen LogP contribution >= 0.6 is 0 Å². The van der Waals surface area contributed by atoms with Crippen LogP contribution in [-0.4, -0.2) is 31.1 Å². The fourth-order valence-electron chi connectivity index (χ4n) is 3.51. The normalized spacial score (nSPS) is 16.0. The molecule has 1 N–H and O–H groups in total. The number of hydrogen-bond acceptors (Lipinski definition) is 4. The summed E-state index contributed by atoms with van der Waals surface area (Å²) in [5.41, 5.74) is 1.02. The highest BCUT2D eigenvalue weighted by atomic mass is 32.2. The number of nitrogens with zero attached hydrogens (tertiary/aromatic N) is 1. The number of sulfonamides is 1. The third kappa shape index (κ3) is 2.93. The number of fused-ring (bicyclic) bond motifs is 2. The van der Waals surface area contributed by atoms with Crippen LogP contribution in [0.25, 0.3) is 10.8 Å². The van der Waals surface area contributed by atoms with Crippen LogP contribution in [0.4, 0.5) is 0 Å². The molecule has 0 spiro atoms. The molecule has 0 radical (unpaired) electrons. The topological polar surface area (TPSA) is 83.6 Å². The largest absolute Gasteiger partial charge is 0.348 e. The first-order chi connectivity index (χ1) is 13.4. The van der Waals surface area contributed by atoms with Crippen molar-refractivity contribution in [3.63, 3.8) is 0 Å². The lowest BCUT2D eigenvalue weighted by Gasteiger charge is -2.19. The fraction of sp³-hybridized carbons (Fsp3) is 0.143.